The molecule has 0 aliphatic heterocycles. The molecule has 2 heterocycles. The van der Waals surface area contributed by atoms with E-state index in [2.05, 4.69) is 9.97 Å². The van der Waals surface area contributed by atoms with Gasteiger partial charge in [0.25, 0.3) is 0 Å². The molecule has 0 unspecified atom stereocenters. The van der Waals surface area contributed by atoms with Crippen molar-refractivity contribution in [3.63, 3.8) is 0 Å². The molecular weight excluding hydrogens is 184 g/mol. The Hall–Kier alpha value is -1.16. The fourth-order valence-electron chi connectivity index (χ4n) is 0.961. The van der Waals surface area contributed by atoms with Gasteiger partial charge < -0.3 is 5.11 Å². The summed E-state index contributed by atoms with van der Waals surface area (Å²) >= 11 is 1.27. The van der Waals surface area contributed by atoms with Crippen molar-refractivity contribution >= 4 is 21.6 Å². The number of aromatic nitrogens is 2. The number of hydrogen-bond donors (Lipinski definition) is 1. The Morgan fingerprint density at radius 3 is 2.62 bits per heavy atom. The molecule has 0 aliphatic carbocycles. The van der Waals surface area contributed by atoms with Gasteiger partial charge >= 0.3 is 0 Å². The molecule has 0 aliphatic rings. The molecule has 13 heavy (non-hydrogen) atoms. The number of nitrogens with zero attached hydrogens (tertiary/aromatic N) is 2. The molecule has 0 atom stereocenters. The van der Waals surface area contributed by atoms with Gasteiger partial charge in [-0.05, 0) is 6.92 Å². The summed E-state index contributed by atoms with van der Waals surface area (Å²) in [6.45, 7) is 5.90. The summed E-state index contributed by atoms with van der Waals surface area (Å²) in [4.78, 5) is 8.86. The van der Waals surface area contributed by atoms with Gasteiger partial charge in [-0.25, -0.2) is 9.97 Å². The summed E-state index contributed by atoms with van der Waals surface area (Å²) in [7, 11) is 0. The lowest BCUT2D eigenvalue weighted by Gasteiger charge is -1.89. The fraction of sp³-hybridized carbons (Fsp3) is 0.333. The van der Waals surface area contributed by atoms with Crippen LogP contribution in [-0.4, -0.2) is 15.1 Å². The van der Waals surface area contributed by atoms with E-state index in [0.717, 1.165) is 15.9 Å². The Labute approximate surface area is 81.1 Å². The summed E-state index contributed by atoms with van der Waals surface area (Å²) < 4.78 is 0. The van der Waals surface area contributed by atoms with E-state index in [4.69, 9.17) is 5.11 Å². The minimum absolute atomic E-state index is 0.295. The SMILES string of the molecule is CC.Cc1ncnc2sc(O)cc12. The molecule has 1 N–H and O–H groups in total. The second-order valence-electron chi connectivity index (χ2n) is 2.26. The normalized spacial score (nSPS) is 9.46. The van der Waals surface area contributed by atoms with E-state index in [0.29, 0.717) is 5.06 Å². The van der Waals surface area contributed by atoms with Crippen molar-refractivity contribution in [2.75, 3.05) is 0 Å². The summed E-state index contributed by atoms with van der Waals surface area (Å²) in [6, 6.07) is 1.69. The van der Waals surface area contributed by atoms with Crippen LogP contribution in [0, 0.1) is 6.92 Å². The number of hydrogen-bond acceptors (Lipinski definition) is 4. The number of thiophene rings is 1. The van der Waals surface area contributed by atoms with Gasteiger partial charge in [0.05, 0.1) is 0 Å². The highest BCUT2D eigenvalue weighted by Crippen LogP contribution is 2.29. The van der Waals surface area contributed by atoms with Gasteiger partial charge in [-0.2, -0.15) is 0 Å². The molecule has 0 spiro atoms. The molecule has 3 nitrogen and oxygen atoms in total. The fourth-order valence-corrected chi connectivity index (χ4v) is 1.75. The van der Waals surface area contributed by atoms with Crippen LogP contribution in [-0.2, 0) is 0 Å². The molecule has 4 heteroatoms. The Kier molecular flexibility index (Phi) is 3.19. The minimum Gasteiger partial charge on any atom is -0.499 e. The molecule has 0 aromatic carbocycles. The second-order valence-corrected chi connectivity index (χ2v) is 3.27. The lowest BCUT2D eigenvalue weighted by atomic mass is 10.3. The van der Waals surface area contributed by atoms with Crippen molar-refractivity contribution in [2.24, 2.45) is 0 Å². The summed E-state index contributed by atoms with van der Waals surface area (Å²) in [5, 5.41) is 10.4. The minimum atomic E-state index is 0.295. The van der Waals surface area contributed by atoms with Gasteiger partial charge in [0.2, 0.25) is 0 Å². The topological polar surface area (TPSA) is 46.0 Å². The number of aryl methyl sites for hydroxylation is 1. The zero-order valence-electron chi connectivity index (χ0n) is 7.90. The van der Waals surface area contributed by atoms with Crippen LogP contribution in [0.15, 0.2) is 12.4 Å². The Bertz CT molecular complexity index is 397. The Morgan fingerprint density at radius 1 is 1.31 bits per heavy atom. The van der Waals surface area contributed by atoms with E-state index >= 15 is 0 Å². The first kappa shape index (κ1) is 9.92. The first-order valence-corrected chi connectivity index (χ1v) is 4.99. The largest absolute Gasteiger partial charge is 0.499 e. The quantitative estimate of drug-likeness (QED) is 0.704. The average Bonchev–Trinajstić information content (AvgIpc) is 2.51. The molecule has 2 aromatic rings. The smallest absolute Gasteiger partial charge is 0.173 e. The predicted octanol–water partition coefficient (Wildman–Crippen LogP) is 2.73. The zero-order valence-corrected chi connectivity index (χ0v) is 8.72. The molecular formula is C9H12N2OS. The van der Waals surface area contributed by atoms with Gasteiger partial charge in [0.1, 0.15) is 11.2 Å². The molecule has 2 aromatic heterocycles. The zero-order chi connectivity index (χ0) is 9.84. The molecule has 2 rings (SSSR count). The van der Waals surface area contributed by atoms with Crippen LogP contribution in [0.4, 0.5) is 0 Å². The van der Waals surface area contributed by atoms with Crippen molar-refractivity contribution in [1.29, 1.82) is 0 Å². The van der Waals surface area contributed by atoms with Gasteiger partial charge in [-0.1, -0.05) is 25.2 Å². The van der Waals surface area contributed by atoms with Crippen molar-refractivity contribution in [2.45, 2.75) is 20.8 Å². The lowest BCUT2D eigenvalue weighted by molar-refractivity contribution is 0.491. The molecule has 0 bridgehead atoms. The van der Waals surface area contributed by atoms with Crippen LogP contribution in [0.2, 0.25) is 0 Å². The van der Waals surface area contributed by atoms with E-state index in [-0.39, 0.29) is 0 Å². The van der Waals surface area contributed by atoms with Crippen LogP contribution in [0.1, 0.15) is 19.5 Å². The highest BCUT2D eigenvalue weighted by atomic mass is 32.1. The van der Waals surface area contributed by atoms with Crippen LogP contribution < -0.4 is 0 Å². The van der Waals surface area contributed by atoms with Crippen molar-refractivity contribution in [3.05, 3.63) is 18.1 Å². The third-order valence-electron chi connectivity index (χ3n) is 1.52. The van der Waals surface area contributed by atoms with E-state index in [1.807, 2.05) is 20.8 Å². The maximum Gasteiger partial charge on any atom is 0.173 e. The third-order valence-corrected chi connectivity index (χ3v) is 2.36. The van der Waals surface area contributed by atoms with Crippen molar-refractivity contribution < 1.29 is 5.11 Å². The van der Waals surface area contributed by atoms with Crippen LogP contribution in [0.25, 0.3) is 10.2 Å². The standard InChI is InChI=1S/C7H6N2OS.C2H6/c1-4-5-2-6(10)11-7(5)9-3-8-4;1-2/h2-3,10H,1H3;1-2H3. The maximum atomic E-state index is 9.13. The Morgan fingerprint density at radius 2 is 2.00 bits per heavy atom. The highest BCUT2D eigenvalue weighted by molar-refractivity contribution is 7.20. The van der Waals surface area contributed by atoms with Crippen LogP contribution in [0.3, 0.4) is 0 Å². The van der Waals surface area contributed by atoms with E-state index in [1.165, 1.54) is 17.7 Å². The number of rotatable bonds is 0. The van der Waals surface area contributed by atoms with E-state index in [9.17, 15) is 0 Å². The predicted molar refractivity (Wildman–Crippen MR) is 55.2 cm³/mol. The van der Waals surface area contributed by atoms with Crippen LogP contribution >= 0.6 is 11.3 Å². The molecule has 70 valence electrons. The Balaban J connectivity index is 0.000000396. The van der Waals surface area contributed by atoms with E-state index in [1.54, 1.807) is 6.07 Å². The third kappa shape index (κ3) is 1.95. The highest BCUT2D eigenvalue weighted by Gasteiger charge is 2.03. The molecule has 0 radical (unpaired) electrons. The first-order chi connectivity index (χ1) is 6.27. The monoisotopic (exact) mass is 196 g/mol. The summed E-state index contributed by atoms with van der Waals surface area (Å²) in [5.74, 6) is 0. The van der Waals surface area contributed by atoms with Crippen molar-refractivity contribution in [1.82, 2.24) is 9.97 Å². The second kappa shape index (κ2) is 4.18. The molecule has 0 fully saturated rings. The van der Waals surface area contributed by atoms with Gasteiger partial charge in [0, 0.05) is 17.1 Å². The molecule has 0 amide bonds. The number of fused-ring (bicyclic) bond motifs is 1. The van der Waals surface area contributed by atoms with Gasteiger partial charge in [0.15, 0.2) is 5.06 Å². The van der Waals surface area contributed by atoms with Crippen molar-refractivity contribution in [3.8, 4) is 5.06 Å². The van der Waals surface area contributed by atoms with Gasteiger partial charge in [-0.15, -0.1) is 0 Å². The number of aromatic hydroxyl groups is 1. The first-order valence-electron chi connectivity index (χ1n) is 4.17. The lowest BCUT2D eigenvalue weighted by Crippen LogP contribution is -1.81. The van der Waals surface area contributed by atoms with Crippen LogP contribution in [0.5, 0.6) is 5.06 Å². The molecule has 0 saturated heterocycles. The summed E-state index contributed by atoms with van der Waals surface area (Å²) in [6.07, 6.45) is 1.51. The average molecular weight is 196 g/mol. The maximum absolute atomic E-state index is 9.13. The summed E-state index contributed by atoms with van der Waals surface area (Å²) in [5.41, 5.74) is 0.909. The van der Waals surface area contributed by atoms with Gasteiger partial charge in [-0.3, -0.25) is 0 Å². The van der Waals surface area contributed by atoms with E-state index < -0.39 is 0 Å². The molecule has 0 saturated carbocycles.